The van der Waals surface area contributed by atoms with E-state index < -0.39 is 69.6 Å². The van der Waals surface area contributed by atoms with Crippen molar-refractivity contribution < 1.29 is 60.0 Å². The number of carbonyl (C=O) groups excluding carboxylic acids is 4. The molecule has 5 heterocycles. The third-order valence-electron chi connectivity index (χ3n) is 15.4. The lowest BCUT2D eigenvalue weighted by Gasteiger charge is -2.11. The van der Waals surface area contributed by atoms with Gasteiger partial charge in [0.1, 0.15) is 0 Å². The van der Waals surface area contributed by atoms with E-state index in [-0.39, 0.29) is 22.3 Å². The number of para-hydroxylation sites is 4. The number of amides is 4. The smallest absolute Gasteiger partial charge is 0.259 e. The summed E-state index contributed by atoms with van der Waals surface area (Å²) in [5.41, 5.74) is 9.05. The fraction of sp³-hybridized carbons (Fsp3) is 0. The van der Waals surface area contributed by atoms with Crippen molar-refractivity contribution in [2.45, 2.75) is 0 Å². The van der Waals surface area contributed by atoms with Gasteiger partial charge in [0.25, 0.3) is 23.6 Å². The minimum absolute atomic E-state index is 0.163. The van der Waals surface area contributed by atoms with Crippen LogP contribution in [0.3, 0.4) is 0 Å². The summed E-state index contributed by atoms with van der Waals surface area (Å²) in [5.74, 6) is -7.03. The normalized spacial score (nSPS) is 11.5. The number of anilines is 4. The number of H-pyrrole nitrogens is 2. The van der Waals surface area contributed by atoms with Crippen molar-refractivity contribution in [3.8, 4) is 90.5 Å². The highest BCUT2D eigenvalue weighted by atomic mass is 16.3. The number of phenols is 8. The number of benzene rings is 8. The summed E-state index contributed by atoms with van der Waals surface area (Å²) in [7, 11) is 0. The first-order valence-corrected chi connectivity index (χ1v) is 28.4. The van der Waals surface area contributed by atoms with Gasteiger partial charge >= 0.3 is 0 Å². The summed E-state index contributed by atoms with van der Waals surface area (Å²) >= 11 is 0. The second-order valence-electron chi connectivity index (χ2n) is 21.3. The van der Waals surface area contributed by atoms with Crippen LogP contribution in [0.4, 0.5) is 22.7 Å². The molecule has 3 aromatic heterocycles. The van der Waals surface area contributed by atoms with Crippen LogP contribution < -0.4 is 21.3 Å². The zero-order valence-corrected chi connectivity index (χ0v) is 47.9. The first-order chi connectivity index (χ1) is 44.5. The minimum Gasteiger partial charge on any atom is -0.504 e. The Morgan fingerprint density at radius 3 is 0.728 bits per heavy atom. The molecule has 8 bridgehead atoms. The molecule has 2 aliphatic heterocycles. The zero-order chi connectivity index (χ0) is 63.9. The highest BCUT2D eigenvalue weighted by molar-refractivity contribution is 6.11. The van der Waals surface area contributed by atoms with Crippen molar-refractivity contribution in [2.75, 3.05) is 21.3 Å². The average molecular weight is 1220 g/mol. The van der Waals surface area contributed by atoms with Crippen LogP contribution in [0.15, 0.2) is 194 Å². The molecule has 0 unspecified atom stereocenters. The Morgan fingerprint density at radius 1 is 0.283 bits per heavy atom. The number of nitrogens with one attached hydrogen (secondary N) is 6. The van der Waals surface area contributed by atoms with Gasteiger partial charge in [-0.25, -0.2) is 9.97 Å². The largest absolute Gasteiger partial charge is 0.504 e. The molecule has 13 rings (SSSR count). The average Bonchev–Trinajstić information content (AvgIpc) is 1.62. The van der Waals surface area contributed by atoms with E-state index in [2.05, 4.69) is 31.2 Å². The number of carbonyl (C=O) groups is 4. The Hall–Kier alpha value is -13.4. The lowest BCUT2D eigenvalue weighted by atomic mass is 10.0. The predicted octanol–water partition coefficient (Wildman–Crippen LogP) is 14.0. The van der Waals surface area contributed by atoms with E-state index in [1.165, 1.54) is 72.8 Å². The molecular formula is C72H50N8O12. The molecule has 8 aromatic carbocycles. The summed E-state index contributed by atoms with van der Waals surface area (Å²) in [5, 5.41) is 95.0. The van der Waals surface area contributed by atoms with Crippen LogP contribution in [-0.4, -0.2) is 84.4 Å². The van der Waals surface area contributed by atoms with Crippen molar-refractivity contribution >= 4 is 92.7 Å². The number of aromatic nitrogens is 4. The number of fused-ring (bicyclic) bond motifs is 8. The number of hydrogen-bond donors (Lipinski definition) is 14. The van der Waals surface area contributed by atoms with Gasteiger partial charge in [-0.2, -0.15) is 0 Å². The van der Waals surface area contributed by atoms with E-state index in [0.29, 0.717) is 112 Å². The zero-order valence-electron chi connectivity index (χ0n) is 47.9. The second-order valence-corrected chi connectivity index (χ2v) is 21.3. The van der Waals surface area contributed by atoms with Crippen LogP contribution in [0.1, 0.15) is 64.2 Å². The van der Waals surface area contributed by atoms with Crippen LogP contribution in [0, 0.1) is 0 Å². The fourth-order valence-electron chi connectivity index (χ4n) is 11.1. The van der Waals surface area contributed by atoms with E-state index >= 15 is 0 Å². The number of nitrogens with zero attached hydrogens (tertiary/aromatic N) is 2. The lowest BCUT2D eigenvalue weighted by molar-refractivity contribution is 0.101. The Bertz CT molecular complexity index is 4540. The molecular weight excluding hydrogens is 1170 g/mol. The molecule has 20 heteroatoms. The Labute approximate surface area is 521 Å². The van der Waals surface area contributed by atoms with Gasteiger partial charge in [0.2, 0.25) is 0 Å². The van der Waals surface area contributed by atoms with Gasteiger partial charge in [-0.15, -0.1) is 0 Å². The van der Waals surface area contributed by atoms with Crippen LogP contribution >= 0.6 is 0 Å². The summed E-state index contributed by atoms with van der Waals surface area (Å²) in [6, 6.07) is 51.6. The van der Waals surface area contributed by atoms with E-state index in [1.54, 1.807) is 72.8 Å². The molecule has 0 spiro atoms. The summed E-state index contributed by atoms with van der Waals surface area (Å²) in [4.78, 5) is 73.0. The molecule has 0 aliphatic carbocycles. The van der Waals surface area contributed by atoms with Crippen molar-refractivity contribution in [2.24, 2.45) is 0 Å². The summed E-state index contributed by atoms with van der Waals surface area (Å²) in [6.07, 6.45) is 7.33. The molecule has 0 saturated carbocycles. The predicted molar refractivity (Wildman–Crippen MR) is 352 cm³/mol. The highest BCUT2D eigenvalue weighted by Gasteiger charge is 2.24. The highest BCUT2D eigenvalue weighted by Crippen LogP contribution is 2.42. The van der Waals surface area contributed by atoms with E-state index in [9.17, 15) is 60.0 Å². The molecule has 11 aromatic rings. The maximum Gasteiger partial charge on any atom is 0.259 e. The minimum atomic E-state index is -0.694. The number of aromatic amines is 2. The first kappa shape index (κ1) is 57.7. The third-order valence-corrected chi connectivity index (χ3v) is 15.4. The van der Waals surface area contributed by atoms with Gasteiger partial charge in [-0.05, 0) is 168 Å². The van der Waals surface area contributed by atoms with Gasteiger partial charge in [-0.1, -0.05) is 72.8 Å². The molecule has 0 radical (unpaired) electrons. The molecule has 4 amide bonds. The topological polar surface area (TPSA) is 336 Å². The van der Waals surface area contributed by atoms with Gasteiger partial charge in [0, 0.05) is 67.1 Å². The van der Waals surface area contributed by atoms with E-state index in [0.717, 1.165) is 0 Å². The molecule has 92 heavy (non-hydrogen) atoms. The number of phenolic OH excluding ortho intramolecular Hbond substituents is 8. The van der Waals surface area contributed by atoms with Crippen molar-refractivity contribution in [1.82, 2.24) is 19.9 Å². The Balaban J connectivity index is 1.06. The SMILES string of the molecule is O=C(Nc1cccc(-c2c3nc(c(-c4cccc(NC(=O)c5cccc(O)c5O)c4)c4ccc([nH]4)c(-c4cccc(NC(=O)c5cccc(O)c5O)c4)c4nc(c(-c5cccc(NC(=O)c6cccc(O)c6O)c5)c5ccc2[nH]5)C=C4)C=C3)c1)c1cccc(O)c1O. The number of rotatable bonds is 12. The monoisotopic (exact) mass is 1220 g/mol. The fourth-order valence-corrected chi connectivity index (χ4v) is 11.1. The molecule has 0 saturated heterocycles. The van der Waals surface area contributed by atoms with Crippen LogP contribution in [0.25, 0.3) is 90.9 Å². The Morgan fingerprint density at radius 2 is 0.500 bits per heavy atom. The second kappa shape index (κ2) is 23.7. The number of aromatic hydroxyl groups is 8. The van der Waals surface area contributed by atoms with Gasteiger partial charge < -0.3 is 72.1 Å². The molecule has 20 nitrogen and oxygen atoms in total. The van der Waals surface area contributed by atoms with Crippen molar-refractivity contribution in [3.05, 3.63) is 239 Å². The quantitative estimate of drug-likeness (QED) is 0.0506. The first-order valence-electron chi connectivity index (χ1n) is 28.4. The third kappa shape index (κ3) is 11.1. The van der Waals surface area contributed by atoms with Gasteiger partial charge in [0.15, 0.2) is 46.0 Å². The van der Waals surface area contributed by atoms with Crippen molar-refractivity contribution in [3.63, 3.8) is 0 Å². The van der Waals surface area contributed by atoms with Crippen LogP contribution in [0.5, 0.6) is 46.0 Å². The van der Waals surface area contributed by atoms with E-state index in [4.69, 9.17) is 9.97 Å². The summed E-state index contributed by atoms with van der Waals surface area (Å²) in [6.45, 7) is 0. The van der Waals surface area contributed by atoms with E-state index in [1.807, 2.05) is 72.8 Å². The molecule has 0 fully saturated rings. The summed E-state index contributed by atoms with van der Waals surface area (Å²) < 4.78 is 0. The number of hydrogen-bond acceptors (Lipinski definition) is 14. The molecule has 14 N–H and O–H groups in total. The maximum atomic E-state index is 13.7. The van der Waals surface area contributed by atoms with Crippen LogP contribution in [-0.2, 0) is 0 Å². The van der Waals surface area contributed by atoms with Gasteiger partial charge in [0.05, 0.1) is 45.0 Å². The molecule has 0 atom stereocenters. The Kier molecular flexibility index (Phi) is 14.9. The lowest BCUT2D eigenvalue weighted by Crippen LogP contribution is -2.12. The maximum absolute atomic E-state index is 13.7. The molecule has 2 aliphatic rings. The van der Waals surface area contributed by atoms with Crippen LogP contribution in [0.2, 0.25) is 0 Å². The van der Waals surface area contributed by atoms with Crippen molar-refractivity contribution in [1.29, 1.82) is 0 Å². The standard InChI is InChI=1S/C72H50N8O12/c81-57-21-5-17-45(65(57)85)69(89)73-41-13-1-9-37(33-41)61-49-25-27-51(77-49)62(38-10-2-14-42(34-38)74-70(90)46-18-6-22-58(82)66(46)86)53-29-31-55(79-53)64(40-12-4-16-44(36-40)76-72(92)48-20-8-24-60(84)68(48)88)56-32-30-54(80-56)63(52-28-26-50(61)78-52)39-11-3-15-43(35-39)75-71(91)47-19-7-23-59(83)67(47)87/h1-36,77,80-88H,(H,73,89)(H,74,90)(H,75,91)(H,76,92). The van der Waals surface area contributed by atoms with Gasteiger partial charge in [-0.3, -0.25) is 19.2 Å². The molecule has 450 valence electrons.